The predicted molar refractivity (Wildman–Crippen MR) is 68.1 cm³/mol. The van der Waals surface area contributed by atoms with E-state index < -0.39 is 11.4 Å². The Morgan fingerprint density at radius 2 is 2.00 bits per heavy atom. The van der Waals surface area contributed by atoms with Crippen LogP contribution in [0.1, 0.15) is 26.3 Å². The lowest BCUT2D eigenvalue weighted by Crippen LogP contribution is -2.17. The first-order chi connectivity index (χ1) is 7.84. The molecule has 0 amide bonds. The molecule has 1 rings (SSSR count). The number of aliphatic carboxylic acids is 1. The van der Waals surface area contributed by atoms with E-state index in [2.05, 4.69) is 0 Å². The Morgan fingerprint density at radius 1 is 1.35 bits per heavy atom. The maximum absolute atomic E-state index is 11.2. The summed E-state index contributed by atoms with van der Waals surface area (Å²) in [5.41, 5.74) is 0.817. The minimum atomic E-state index is -0.889. The first-order valence-electron chi connectivity index (χ1n) is 5.44. The first-order valence-corrected chi connectivity index (χ1v) is 5.44. The Kier molecular flexibility index (Phi) is 3.94. The fraction of sp³-hybridized carbons (Fsp3) is 0.357. The van der Waals surface area contributed by atoms with Crippen LogP contribution in [0, 0.1) is 5.41 Å². The SMILES string of the molecule is COc1cccc(/C=C(\C(=O)O)C(C)(C)C)c1. The van der Waals surface area contributed by atoms with Crippen molar-refractivity contribution in [2.24, 2.45) is 5.41 Å². The van der Waals surface area contributed by atoms with Gasteiger partial charge in [0.15, 0.2) is 0 Å². The minimum Gasteiger partial charge on any atom is -0.497 e. The standard InChI is InChI=1S/C14H18O3/c1-14(2,3)12(13(15)16)9-10-6-5-7-11(8-10)17-4/h5-9H,1-4H3,(H,15,16)/b12-9+. The van der Waals surface area contributed by atoms with E-state index in [0.717, 1.165) is 11.3 Å². The summed E-state index contributed by atoms with van der Waals surface area (Å²) in [6, 6.07) is 7.34. The van der Waals surface area contributed by atoms with Crippen LogP contribution >= 0.6 is 0 Å². The summed E-state index contributed by atoms with van der Waals surface area (Å²) >= 11 is 0. The molecule has 0 aliphatic rings. The fourth-order valence-electron chi connectivity index (χ4n) is 1.50. The van der Waals surface area contributed by atoms with Crippen molar-refractivity contribution in [2.45, 2.75) is 20.8 Å². The second-order valence-electron chi connectivity index (χ2n) is 4.89. The van der Waals surface area contributed by atoms with Crippen LogP contribution in [0.3, 0.4) is 0 Å². The zero-order valence-corrected chi connectivity index (χ0v) is 10.7. The Morgan fingerprint density at radius 3 is 2.47 bits per heavy atom. The van der Waals surface area contributed by atoms with Gasteiger partial charge in [0.25, 0.3) is 0 Å². The van der Waals surface area contributed by atoms with Gasteiger partial charge in [-0.25, -0.2) is 4.79 Å². The molecule has 17 heavy (non-hydrogen) atoms. The van der Waals surface area contributed by atoms with Crippen LogP contribution in [-0.4, -0.2) is 18.2 Å². The average molecular weight is 234 g/mol. The molecular weight excluding hydrogens is 216 g/mol. The van der Waals surface area contributed by atoms with Crippen LogP contribution < -0.4 is 4.74 Å². The van der Waals surface area contributed by atoms with Crippen molar-refractivity contribution in [1.29, 1.82) is 0 Å². The molecule has 0 fully saturated rings. The van der Waals surface area contributed by atoms with Crippen LogP contribution in [0.5, 0.6) is 5.75 Å². The number of rotatable bonds is 3. The number of ether oxygens (including phenoxy) is 1. The van der Waals surface area contributed by atoms with Crippen molar-refractivity contribution >= 4 is 12.0 Å². The van der Waals surface area contributed by atoms with E-state index in [0.29, 0.717) is 5.57 Å². The molecule has 1 aromatic rings. The van der Waals surface area contributed by atoms with Crippen molar-refractivity contribution < 1.29 is 14.6 Å². The molecule has 0 saturated heterocycles. The van der Waals surface area contributed by atoms with Gasteiger partial charge in [-0.05, 0) is 29.2 Å². The predicted octanol–water partition coefficient (Wildman–Crippen LogP) is 3.21. The molecule has 0 saturated carbocycles. The molecule has 0 aromatic heterocycles. The van der Waals surface area contributed by atoms with Crippen LogP contribution in [0.15, 0.2) is 29.8 Å². The lowest BCUT2D eigenvalue weighted by Gasteiger charge is -2.19. The normalized spacial score (nSPS) is 12.4. The summed E-state index contributed by atoms with van der Waals surface area (Å²) < 4.78 is 5.11. The van der Waals surface area contributed by atoms with E-state index >= 15 is 0 Å². The van der Waals surface area contributed by atoms with Gasteiger partial charge in [0.05, 0.1) is 7.11 Å². The fourth-order valence-corrected chi connectivity index (χ4v) is 1.50. The van der Waals surface area contributed by atoms with Gasteiger partial charge in [-0.15, -0.1) is 0 Å². The molecule has 0 radical (unpaired) electrons. The van der Waals surface area contributed by atoms with E-state index in [9.17, 15) is 9.90 Å². The molecule has 1 N–H and O–H groups in total. The van der Waals surface area contributed by atoms with Crippen LogP contribution in [0.4, 0.5) is 0 Å². The van der Waals surface area contributed by atoms with Gasteiger partial charge in [-0.1, -0.05) is 32.9 Å². The van der Waals surface area contributed by atoms with Gasteiger partial charge in [0, 0.05) is 5.57 Å². The summed E-state index contributed by atoms with van der Waals surface area (Å²) in [4.78, 5) is 11.2. The Bertz CT molecular complexity index is 439. The van der Waals surface area contributed by atoms with Crippen molar-refractivity contribution in [2.75, 3.05) is 7.11 Å². The second-order valence-corrected chi connectivity index (χ2v) is 4.89. The maximum Gasteiger partial charge on any atom is 0.332 e. The quantitative estimate of drug-likeness (QED) is 0.817. The number of carboxylic acid groups (broad SMARTS) is 1. The van der Waals surface area contributed by atoms with Gasteiger partial charge < -0.3 is 9.84 Å². The highest BCUT2D eigenvalue weighted by atomic mass is 16.5. The van der Waals surface area contributed by atoms with Gasteiger partial charge in [0.2, 0.25) is 0 Å². The van der Waals surface area contributed by atoms with Crippen molar-refractivity contribution in [3.63, 3.8) is 0 Å². The molecule has 0 spiro atoms. The number of hydrogen-bond acceptors (Lipinski definition) is 2. The van der Waals surface area contributed by atoms with Crippen molar-refractivity contribution in [3.05, 3.63) is 35.4 Å². The molecule has 0 aliphatic carbocycles. The lowest BCUT2D eigenvalue weighted by molar-refractivity contribution is -0.133. The van der Waals surface area contributed by atoms with Crippen LogP contribution in [0.2, 0.25) is 0 Å². The van der Waals surface area contributed by atoms with Gasteiger partial charge in [-0.3, -0.25) is 0 Å². The van der Waals surface area contributed by atoms with Crippen LogP contribution in [-0.2, 0) is 4.79 Å². The molecule has 3 heteroatoms. The number of carbonyl (C=O) groups is 1. The summed E-state index contributed by atoms with van der Waals surface area (Å²) in [6.45, 7) is 5.65. The van der Waals surface area contributed by atoms with Gasteiger partial charge in [-0.2, -0.15) is 0 Å². The van der Waals surface area contributed by atoms with Crippen LogP contribution in [0.25, 0.3) is 6.08 Å². The zero-order valence-electron chi connectivity index (χ0n) is 10.7. The average Bonchev–Trinajstić information content (AvgIpc) is 2.24. The van der Waals surface area contributed by atoms with E-state index in [1.807, 2.05) is 45.0 Å². The molecule has 0 unspecified atom stereocenters. The number of methoxy groups -OCH3 is 1. The zero-order chi connectivity index (χ0) is 13.1. The number of benzene rings is 1. The molecule has 92 valence electrons. The minimum absolute atomic E-state index is 0.380. The third kappa shape index (κ3) is 3.63. The Labute approximate surface area is 102 Å². The third-order valence-electron chi connectivity index (χ3n) is 2.44. The van der Waals surface area contributed by atoms with E-state index in [-0.39, 0.29) is 0 Å². The molecule has 0 aliphatic heterocycles. The van der Waals surface area contributed by atoms with E-state index in [1.165, 1.54) is 0 Å². The largest absolute Gasteiger partial charge is 0.497 e. The molecule has 0 bridgehead atoms. The summed E-state index contributed by atoms with van der Waals surface area (Å²) in [5.74, 6) is -0.169. The monoisotopic (exact) mass is 234 g/mol. The van der Waals surface area contributed by atoms with E-state index in [1.54, 1.807) is 13.2 Å². The topological polar surface area (TPSA) is 46.5 Å². The molecule has 1 aromatic carbocycles. The highest BCUT2D eigenvalue weighted by molar-refractivity contribution is 5.93. The molecule has 0 atom stereocenters. The number of hydrogen-bond donors (Lipinski definition) is 1. The van der Waals surface area contributed by atoms with Gasteiger partial charge in [0.1, 0.15) is 5.75 Å². The number of carboxylic acids is 1. The third-order valence-corrected chi connectivity index (χ3v) is 2.44. The second kappa shape index (κ2) is 5.04. The van der Waals surface area contributed by atoms with Crippen molar-refractivity contribution in [1.82, 2.24) is 0 Å². The molecule has 0 heterocycles. The summed E-state index contributed by atoms with van der Waals surface area (Å²) in [5, 5.41) is 9.20. The summed E-state index contributed by atoms with van der Waals surface area (Å²) in [6.07, 6.45) is 1.69. The van der Waals surface area contributed by atoms with E-state index in [4.69, 9.17) is 4.74 Å². The first kappa shape index (κ1) is 13.3. The Balaban J connectivity index is 3.18. The molecular formula is C14H18O3. The highest BCUT2D eigenvalue weighted by Crippen LogP contribution is 2.28. The smallest absolute Gasteiger partial charge is 0.332 e. The Hall–Kier alpha value is -1.77. The lowest BCUT2D eigenvalue weighted by atomic mass is 9.85. The molecule has 3 nitrogen and oxygen atoms in total. The van der Waals surface area contributed by atoms with Crippen molar-refractivity contribution in [3.8, 4) is 5.75 Å². The summed E-state index contributed by atoms with van der Waals surface area (Å²) in [7, 11) is 1.59. The maximum atomic E-state index is 11.2. The highest BCUT2D eigenvalue weighted by Gasteiger charge is 2.23. The van der Waals surface area contributed by atoms with Gasteiger partial charge >= 0.3 is 5.97 Å².